The van der Waals surface area contributed by atoms with Gasteiger partial charge in [-0.15, -0.1) is 11.3 Å². The third-order valence-corrected chi connectivity index (χ3v) is 4.09. The summed E-state index contributed by atoms with van der Waals surface area (Å²) in [6.45, 7) is 0.907. The number of thioether (sulfide) groups is 1. The Hall–Kier alpha value is -0.710. The number of nitrogens with zero attached hydrogens (tertiary/aromatic N) is 1. The Morgan fingerprint density at radius 1 is 1.44 bits per heavy atom. The van der Waals surface area contributed by atoms with Crippen LogP contribution in [0.4, 0.5) is 5.69 Å². The normalized spacial score (nSPS) is 10.3. The molecule has 84 valence electrons. The third kappa shape index (κ3) is 3.70. The highest BCUT2D eigenvalue weighted by atomic mass is 35.5. The van der Waals surface area contributed by atoms with Gasteiger partial charge in [-0.1, -0.05) is 29.4 Å². The van der Waals surface area contributed by atoms with Crippen LogP contribution in [0.5, 0.6) is 0 Å². The number of thiazole rings is 1. The lowest BCUT2D eigenvalue weighted by Crippen LogP contribution is -2.03. The Morgan fingerprint density at radius 2 is 2.38 bits per heavy atom. The number of hydrogen-bond donors (Lipinski definition) is 1. The van der Waals surface area contributed by atoms with Crippen LogP contribution < -0.4 is 5.32 Å². The number of aromatic nitrogens is 1. The van der Waals surface area contributed by atoms with Crippen LogP contribution in [0.3, 0.4) is 0 Å². The summed E-state index contributed by atoms with van der Waals surface area (Å²) in [4.78, 5) is 4.21. The summed E-state index contributed by atoms with van der Waals surface area (Å²) in [6, 6.07) is 7.76. The molecule has 1 aromatic heterocycles. The Balaban J connectivity index is 1.72. The van der Waals surface area contributed by atoms with Gasteiger partial charge >= 0.3 is 0 Å². The average molecular weight is 271 g/mol. The summed E-state index contributed by atoms with van der Waals surface area (Å²) in [7, 11) is 0. The molecule has 0 aliphatic carbocycles. The standard InChI is InChI=1S/C11H11ClN2S2/c12-9-2-1-3-10(8-9)13-4-6-15-11-14-5-7-16-11/h1-3,5,7-8,13H,4,6H2. The van der Waals surface area contributed by atoms with Gasteiger partial charge < -0.3 is 5.32 Å². The van der Waals surface area contributed by atoms with E-state index in [1.807, 2.05) is 35.8 Å². The fourth-order valence-electron chi connectivity index (χ4n) is 1.21. The average Bonchev–Trinajstić information content (AvgIpc) is 2.77. The van der Waals surface area contributed by atoms with Crippen molar-refractivity contribution in [2.75, 3.05) is 17.6 Å². The number of benzene rings is 1. The molecule has 2 aromatic rings. The molecule has 0 atom stereocenters. The second kappa shape index (κ2) is 6.13. The molecular weight excluding hydrogens is 260 g/mol. The summed E-state index contributed by atoms with van der Waals surface area (Å²) >= 11 is 9.32. The van der Waals surface area contributed by atoms with E-state index < -0.39 is 0 Å². The van der Waals surface area contributed by atoms with E-state index in [0.717, 1.165) is 27.3 Å². The van der Waals surface area contributed by atoms with Gasteiger partial charge in [-0.05, 0) is 18.2 Å². The van der Waals surface area contributed by atoms with Crippen molar-refractivity contribution in [2.45, 2.75) is 4.34 Å². The van der Waals surface area contributed by atoms with Gasteiger partial charge in [0.1, 0.15) is 4.34 Å². The van der Waals surface area contributed by atoms with Crippen LogP contribution >= 0.6 is 34.7 Å². The molecule has 2 rings (SSSR count). The molecule has 5 heteroatoms. The molecule has 2 nitrogen and oxygen atoms in total. The van der Waals surface area contributed by atoms with Gasteiger partial charge in [-0.25, -0.2) is 4.98 Å². The van der Waals surface area contributed by atoms with E-state index in [1.165, 1.54) is 0 Å². The zero-order valence-corrected chi connectivity index (χ0v) is 10.9. The van der Waals surface area contributed by atoms with Crippen molar-refractivity contribution in [3.8, 4) is 0 Å². The smallest absolute Gasteiger partial charge is 0.149 e. The van der Waals surface area contributed by atoms with Crippen molar-refractivity contribution in [1.82, 2.24) is 4.98 Å². The molecule has 0 fully saturated rings. The first-order chi connectivity index (χ1) is 7.84. The molecule has 0 aliphatic rings. The van der Waals surface area contributed by atoms with Crippen LogP contribution in [0, 0.1) is 0 Å². The highest BCUT2D eigenvalue weighted by Gasteiger charge is 1.96. The molecule has 1 heterocycles. The van der Waals surface area contributed by atoms with E-state index in [9.17, 15) is 0 Å². The second-order valence-corrected chi connectivity index (χ2v) is 5.76. The minimum absolute atomic E-state index is 0.762. The molecule has 0 saturated heterocycles. The van der Waals surface area contributed by atoms with Gasteiger partial charge in [0, 0.05) is 34.6 Å². The minimum atomic E-state index is 0.762. The maximum Gasteiger partial charge on any atom is 0.149 e. The Labute approximate surface area is 108 Å². The van der Waals surface area contributed by atoms with Crippen molar-refractivity contribution < 1.29 is 0 Å². The largest absolute Gasteiger partial charge is 0.384 e. The van der Waals surface area contributed by atoms with Crippen molar-refractivity contribution in [3.63, 3.8) is 0 Å². The van der Waals surface area contributed by atoms with E-state index >= 15 is 0 Å². The number of halogens is 1. The van der Waals surface area contributed by atoms with Gasteiger partial charge in [-0.3, -0.25) is 0 Å². The first kappa shape index (κ1) is 11.8. The van der Waals surface area contributed by atoms with E-state index in [1.54, 1.807) is 23.1 Å². The van der Waals surface area contributed by atoms with Gasteiger partial charge in [0.15, 0.2) is 0 Å². The number of rotatable bonds is 5. The molecule has 0 amide bonds. The zero-order valence-electron chi connectivity index (χ0n) is 8.52. The first-order valence-corrected chi connectivity index (χ1v) is 7.10. The van der Waals surface area contributed by atoms with Crippen molar-refractivity contribution >= 4 is 40.4 Å². The first-order valence-electron chi connectivity index (χ1n) is 4.86. The molecule has 1 aromatic carbocycles. The summed E-state index contributed by atoms with van der Waals surface area (Å²) in [5.74, 6) is 1.00. The summed E-state index contributed by atoms with van der Waals surface area (Å²) < 4.78 is 1.12. The summed E-state index contributed by atoms with van der Waals surface area (Å²) in [5.41, 5.74) is 1.06. The van der Waals surface area contributed by atoms with Crippen LogP contribution in [0.25, 0.3) is 0 Å². The van der Waals surface area contributed by atoms with Gasteiger partial charge in [0.2, 0.25) is 0 Å². The fourth-order valence-corrected chi connectivity index (χ4v) is 2.97. The van der Waals surface area contributed by atoms with E-state index in [-0.39, 0.29) is 0 Å². The quantitative estimate of drug-likeness (QED) is 0.657. The molecule has 0 radical (unpaired) electrons. The van der Waals surface area contributed by atoms with E-state index in [4.69, 9.17) is 11.6 Å². The van der Waals surface area contributed by atoms with E-state index in [0.29, 0.717) is 0 Å². The van der Waals surface area contributed by atoms with Crippen LogP contribution in [0.1, 0.15) is 0 Å². The van der Waals surface area contributed by atoms with Gasteiger partial charge in [-0.2, -0.15) is 0 Å². The Kier molecular flexibility index (Phi) is 4.51. The topological polar surface area (TPSA) is 24.9 Å². The maximum absolute atomic E-state index is 5.89. The van der Waals surface area contributed by atoms with Gasteiger partial charge in [0.05, 0.1) is 0 Å². The lowest BCUT2D eigenvalue weighted by Gasteiger charge is -2.05. The zero-order chi connectivity index (χ0) is 11.2. The molecular formula is C11H11ClN2S2. The molecule has 0 unspecified atom stereocenters. The molecule has 1 N–H and O–H groups in total. The van der Waals surface area contributed by atoms with Crippen molar-refractivity contribution in [3.05, 3.63) is 40.9 Å². The highest BCUT2D eigenvalue weighted by molar-refractivity contribution is 8.01. The van der Waals surface area contributed by atoms with Crippen molar-refractivity contribution in [1.29, 1.82) is 0 Å². The highest BCUT2D eigenvalue weighted by Crippen LogP contribution is 2.20. The SMILES string of the molecule is Clc1cccc(NCCSc2nccs2)c1. The molecule has 0 aliphatic heterocycles. The van der Waals surface area contributed by atoms with E-state index in [2.05, 4.69) is 10.3 Å². The predicted molar refractivity (Wildman–Crippen MR) is 72.8 cm³/mol. The molecule has 0 spiro atoms. The summed E-state index contributed by atoms with van der Waals surface area (Å²) in [5, 5.41) is 6.07. The lowest BCUT2D eigenvalue weighted by molar-refractivity contribution is 1.20. The maximum atomic E-state index is 5.89. The molecule has 0 bridgehead atoms. The van der Waals surface area contributed by atoms with Crippen LogP contribution in [-0.2, 0) is 0 Å². The number of hydrogen-bond acceptors (Lipinski definition) is 4. The fraction of sp³-hybridized carbons (Fsp3) is 0.182. The lowest BCUT2D eigenvalue weighted by atomic mass is 10.3. The Morgan fingerprint density at radius 3 is 3.12 bits per heavy atom. The van der Waals surface area contributed by atoms with Crippen LogP contribution in [0.2, 0.25) is 5.02 Å². The molecule has 16 heavy (non-hydrogen) atoms. The Bertz CT molecular complexity index is 431. The summed E-state index contributed by atoms with van der Waals surface area (Å²) in [6.07, 6.45) is 1.83. The van der Waals surface area contributed by atoms with Crippen molar-refractivity contribution in [2.24, 2.45) is 0 Å². The number of nitrogens with one attached hydrogen (secondary N) is 1. The monoisotopic (exact) mass is 270 g/mol. The minimum Gasteiger partial charge on any atom is -0.384 e. The number of anilines is 1. The predicted octanol–water partition coefficient (Wildman–Crippen LogP) is 4.00. The van der Waals surface area contributed by atoms with Gasteiger partial charge in [0.25, 0.3) is 0 Å². The molecule has 0 saturated carbocycles. The third-order valence-electron chi connectivity index (χ3n) is 1.89. The van der Waals surface area contributed by atoms with Crippen LogP contribution in [-0.4, -0.2) is 17.3 Å². The van der Waals surface area contributed by atoms with Crippen LogP contribution in [0.15, 0.2) is 40.2 Å². The second-order valence-electron chi connectivity index (χ2n) is 3.08.